The molecule has 1 aromatic carbocycles. The maximum atomic E-state index is 13.5. The zero-order valence-corrected chi connectivity index (χ0v) is 19.3. The van der Waals surface area contributed by atoms with Crippen molar-refractivity contribution in [2.45, 2.75) is 30.7 Å². The molecule has 176 valence electrons. The van der Waals surface area contributed by atoms with Crippen molar-refractivity contribution in [3.05, 3.63) is 59.2 Å². The molecule has 2 aromatic heterocycles. The highest BCUT2D eigenvalue weighted by Crippen LogP contribution is 2.35. The van der Waals surface area contributed by atoms with Gasteiger partial charge < -0.3 is 14.6 Å². The van der Waals surface area contributed by atoms with Gasteiger partial charge in [-0.3, -0.25) is 9.48 Å². The summed E-state index contributed by atoms with van der Waals surface area (Å²) >= 11 is 0. The van der Waals surface area contributed by atoms with Crippen molar-refractivity contribution in [1.29, 1.82) is 0 Å². The van der Waals surface area contributed by atoms with E-state index in [0.717, 1.165) is 23.5 Å². The Labute approximate surface area is 189 Å². The van der Waals surface area contributed by atoms with Crippen LogP contribution in [0, 0.1) is 18.6 Å². The van der Waals surface area contributed by atoms with Gasteiger partial charge in [0.1, 0.15) is 11.5 Å². The van der Waals surface area contributed by atoms with Crippen LogP contribution in [0.4, 0.5) is 14.5 Å². The van der Waals surface area contributed by atoms with Gasteiger partial charge in [-0.15, -0.1) is 0 Å². The Balaban J connectivity index is 1.66. The van der Waals surface area contributed by atoms with Crippen molar-refractivity contribution < 1.29 is 26.7 Å². The van der Waals surface area contributed by atoms with Gasteiger partial charge in [-0.05, 0) is 32.0 Å². The molecule has 3 aromatic rings. The average molecular weight is 480 g/mol. The topological polar surface area (TPSA) is 107 Å². The Kier molecular flexibility index (Phi) is 5.53. The maximum absolute atomic E-state index is 13.5. The molecule has 2 N–H and O–H groups in total. The summed E-state index contributed by atoms with van der Waals surface area (Å²) in [7, 11) is -0.785. The molecule has 1 aliphatic rings. The second-order valence-corrected chi connectivity index (χ2v) is 10.0. The van der Waals surface area contributed by atoms with Crippen LogP contribution in [0.15, 0.2) is 35.4 Å². The Morgan fingerprint density at radius 2 is 2.00 bits per heavy atom. The molecule has 4 rings (SSSR count). The van der Waals surface area contributed by atoms with Crippen molar-refractivity contribution in [3.63, 3.8) is 0 Å². The Morgan fingerprint density at radius 3 is 2.64 bits per heavy atom. The SMILES string of the molecule is Cc1cc(CC2(C)COc3c(cn(C)c3C(=O)Nc3ccc(F)c(F)c3)S(=O)(=O)N2)n(C)n1. The molecule has 1 atom stereocenters. The molecular weight excluding hydrogens is 456 g/mol. The lowest BCUT2D eigenvalue weighted by Crippen LogP contribution is -2.50. The zero-order valence-electron chi connectivity index (χ0n) is 18.4. The van der Waals surface area contributed by atoms with Gasteiger partial charge in [-0.1, -0.05) is 0 Å². The smallest absolute Gasteiger partial charge is 0.276 e. The highest BCUT2D eigenvalue weighted by molar-refractivity contribution is 7.89. The first-order valence-corrected chi connectivity index (χ1v) is 11.5. The molecule has 0 saturated heterocycles. The Bertz CT molecular complexity index is 1370. The molecule has 12 heteroatoms. The quantitative estimate of drug-likeness (QED) is 0.597. The number of aryl methyl sites for hydroxylation is 3. The van der Waals surface area contributed by atoms with Crippen molar-refractivity contribution in [1.82, 2.24) is 19.1 Å². The lowest BCUT2D eigenvalue weighted by molar-refractivity contribution is 0.101. The third-order valence-electron chi connectivity index (χ3n) is 5.37. The molecule has 0 fully saturated rings. The number of anilines is 1. The summed E-state index contributed by atoms with van der Waals surface area (Å²) in [5.74, 6) is -3.02. The third-order valence-corrected chi connectivity index (χ3v) is 7.00. The van der Waals surface area contributed by atoms with Crippen LogP contribution in [0.5, 0.6) is 5.75 Å². The van der Waals surface area contributed by atoms with Crippen molar-refractivity contribution in [3.8, 4) is 5.75 Å². The number of sulfonamides is 1. The van der Waals surface area contributed by atoms with E-state index in [-0.39, 0.29) is 28.6 Å². The average Bonchev–Trinajstić information content (AvgIpc) is 3.18. The molecule has 0 saturated carbocycles. The molecular formula is C21H23F2N5O4S. The van der Waals surface area contributed by atoms with E-state index in [2.05, 4.69) is 15.1 Å². The number of fused-ring (bicyclic) bond motifs is 1. The number of carbonyl (C=O) groups is 1. The zero-order chi connectivity index (χ0) is 24.1. The Hall–Kier alpha value is -3.25. The van der Waals surface area contributed by atoms with E-state index in [0.29, 0.717) is 6.42 Å². The highest BCUT2D eigenvalue weighted by Gasteiger charge is 2.40. The van der Waals surface area contributed by atoms with Crippen LogP contribution in [0.2, 0.25) is 0 Å². The standard InChI is InChI=1S/C21H23F2N5O4S/c1-12-7-14(28(4)25-12)9-21(2)11-32-19-17(33(30,31)26-21)10-27(3)18(19)20(29)24-13-5-6-15(22)16(23)8-13/h5-8,10,26H,9,11H2,1-4H3,(H,24,29). The van der Waals surface area contributed by atoms with Crippen LogP contribution in [-0.2, 0) is 30.5 Å². The largest absolute Gasteiger partial charge is 0.488 e. The van der Waals surface area contributed by atoms with E-state index in [4.69, 9.17) is 4.74 Å². The fourth-order valence-corrected chi connectivity index (χ4v) is 5.48. The van der Waals surface area contributed by atoms with Crippen molar-refractivity contribution in [2.24, 2.45) is 14.1 Å². The minimum atomic E-state index is -4.05. The number of aromatic nitrogens is 3. The summed E-state index contributed by atoms with van der Waals surface area (Å²) in [5, 5.41) is 6.74. The molecule has 1 unspecified atom stereocenters. The second-order valence-electron chi connectivity index (χ2n) is 8.40. The van der Waals surface area contributed by atoms with Crippen LogP contribution in [0.1, 0.15) is 28.8 Å². The summed E-state index contributed by atoms with van der Waals surface area (Å²) in [6.07, 6.45) is 1.58. The van der Waals surface area contributed by atoms with Crippen LogP contribution in [-0.4, -0.2) is 40.8 Å². The van der Waals surface area contributed by atoms with Gasteiger partial charge in [0.2, 0.25) is 10.0 Å². The van der Waals surface area contributed by atoms with Gasteiger partial charge in [-0.25, -0.2) is 21.9 Å². The monoisotopic (exact) mass is 479 g/mol. The van der Waals surface area contributed by atoms with E-state index < -0.39 is 33.1 Å². The number of halogens is 2. The van der Waals surface area contributed by atoms with E-state index in [1.165, 1.54) is 23.9 Å². The molecule has 33 heavy (non-hydrogen) atoms. The first kappa shape index (κ1) is 22.9. The molecule has 1 aliphatic heterocycles. The number of rotatable bonds is 4. The van der Waals surface area contributed by atoms with E-state index in [1.807, 2.05) is 13.0 Å². The minimum Gasteiger partial charge on any atom is -0.488 e. The first-order valence-electron chi connectivity index (χ1n) is 10.0. The minimum absolute atomic E-state index is 0.0138. The maximum Gasteiger partial charge on any atom is 0.276 e. The molecule has 1 amide bonds. The predicted molar refractivity (Wildman–Crippen MR) is 116 cm³/mol. The second kappa shape index (κ2) is 7.96. The Morgan fingerprint density at radius 1 is 1.27 bits per heavy atom. The molecule has 0 spiro atoms. The molecule has 3 heterocycles. The van der Waals surface area contributed by atoms with Gasteiger partial charge in [0.05, 0.1) is 11.2 Å². The van der Waals surface area contributed by atoms with Gasteiger partial charge in [0.15, 0.2) is 23.1 Å². The molecule has 0 bridgehead atoms. The fraction of sp³-hybridized carbons (Fsp3) is 0.333. The highest BCUT2D eigenvalue weighted by atomic mass is 32.2. The molecule has 9 nitrogen and oxygen atoms in total. The van der Waals surface area contributed by atoms with E-state index in [1.54, 1.807) is 18.7 Å². The number of hydrogen-bond acceptors (Lipinski definition) is 5. The van der Waals surface area contributed by atoms with Crippen LogP contribution in [0.3, 0.4) is 0 Å². The van der Waals surface area contributed by atoms with Gasteiger partial charge in [0.25, 0.3) is 5.91 Å². The fourth-order valence-electron chi connectivity index (χ4n) is 3.89. The van der Waals surface area contributed by atoms with E-state index >= 15 is 0 Å². The summed E-state index contributed by atoms with van der Waals surface area (Å²) < 4.78 is 64.6. The first-order chi connectivity index (χ1) is 15.4. The lowest BCUT2D eigenvalue weighted by atomic mass is 9.98. The van der Waals surface area contributed by atoms with E-state index in [9.17, 15) is 22.0 Å². The molecule has 0 aliphatic carbocycles. The third kappa shape index (κ3) is 4.35. The van der Waals surface area contributed by atoms with Gasteiger partial charge in [-0.2, -0.15) is 5.10 Å². The number of ether oxygens (including phenoxy) is 1. The number of benzene rings is 1. The summed E-state index contributed by atoms with van der Waals surface area (Å²) in [4.78, 5) is 12.7. The number of nitrogens with zero attached hydrogens (tertiary/aromatic N) is 3. The van der Waals surface area contributed by atoms with Crippen molar-refractivity contribution >= 4 is 21.6 Å². The predicted octanol–water partition coefficient (Wildman–Crippen LogP) is 2.27. The molecule has 0 radical (unpaired) electrons. The summed E-state index contributed by atoms with van der Waals surface area (Å²) in [6.45, 7) is 3.49. The summed E-state index contributed by atoms with van der Waals surface area (Å²) in [5.41, 5.74) is 0.538. The lowest BCUT2D eigenvalue weighted by Gasteiger charge is -2.27. The number of carbonyl (C=O) groups excluding carboxylic acids is 1. The number of amides is 1. The van der Waals surface area contributed by atoms with Crippen LogP contribution < -0.4 is 14.8 Å². The number of hydrogen-bond donors (Lipinski definition) is 2. The van der Waals surface area contributed by atoms with Gasteiger partial charge in [0, 0.05) is 44.2 Å². The normalized spacial score (nSPS) is 19.5. The van der Waals surface area contributed by atoms with Crippen LogP contribution >= 0.6 is 0 Å². The van der Waals surface area contributed by atoms with Crippen LogP contribution in [0.25, 0.3) is 0 Å². The van der Waals surface area contributed by atoms with Gasteiger partial charge >= 0.3 is 0 Å². The number of nitrogens with one attached hydrogen (secondary N) is 2. The van der Waals surface area contributed by atoms with Crippen molar-refractivity contribution in [2.75, 3.05) is 11.9 Å². The summed E-state index contributed by atoms with van der Waals surface area (Å²) in [6, 6.07) is 4.77.